The Kier molecular flexibility index (Phi) is 3.97. The van der Waals surface area contributed by atoms with Crippen LogP contribution in [0.25, 0.3) is 17.0 Å². The van der Waals surface area contributed by atoms with Gasteiger partial charge in [0.05, 0.1) is 0 Å². The predicted molar refractivity (Wildman–Crippen MR) is 98.4 cm³/mol. The second-order valence-electron chi connectivity index (χ2n) is 6.88. The molecule has 0 atom stereocenters. The second kappa shape index (κ2) is 6.27. The minimum absolute atomic E-state index is 0.532. The van der Waals surface area contributed by atoms with Crippen molar-refractivity contribution < 1.29 is 0 Å². The zero-order valence-corrected chi connectivity index (χ0v) is 14.4. The first-order valence-electron chi connectivity index (χ1n) is 8.89. The van der Waals surface area contributed by atoms with Crippen LogP contribution in [0.3, 0.4) is 0 Å². The zero-order valence-electron chi connectivity index (χ0n) is 14.4. The Morgan fingerprint density at radius 1 is 1.08 bits per heavy atom. The molecule has 1 saturated carbocycles. The van der Waals surface area contributed by atoms with Crippen LogP contribution in [0.4, 0.5) is 5.82 Å². The number of nitrogens with zero attached hydrogens (tertiary/aromatic N) is 3. The lowest BCUT2D eigenvalue weighted by molar-refractivity contribution is 0.461. The number of rotatable bonds is 3. The number of aromatic nitrogens is 3. The van der Waals surface area contributed by atoms with Crippen molar-refractivity contribution >= 4 is 11.6 Å². The molecule has 0 radical (unpaired) electrons. The maximum atomic E-state index is 4.81. The first-order chi connectivity index (χ1) is 11.7. The number of anilines is 1. The highest BCUT2D eigenvalue weighted by molar-refractivity contribution is 5.76. The Hall–Kier alpha value is -2.36. The lowest BCUT2D eigenvalue weighted by Crippen LogP contribution is -2.23. The molecule has 0 unspecified atom stereocenters. The van der Waals surface area contributed by atoms with Crippen LogP contribution < -0.4 is 5.32 Å². The Morgan fingerprint density at radius 2 is 1.92 bits per heavy atom. The van der Waals surface area contributed by atoms with Gasteiger partial charge in [0.15, 0.2) is 0 Å². The second-order valence-corrected chi connectivity index (χ2v) is 6.88. The molecule has 4 rings (SSSR count). The maximum Gasteiger partial charge on any atom is 0.235 e. The van der Waals surface area contributed by atoms with Crippen LogP contribution in [0.15, 0.2) is 36.7 Å². The molecular weight excluding hydrogens is 296 g/mol. The van der Waals surface area contributed by atoms with Crippen molar-refractivity contribution in [2.24, 2.45) is 0 Å². The van der Waals surface area contributed by atoms with Gasteiger partial charge in [-0.15, -0.1) is 0 Å². The minimum atomic E-state index is 0.532. The van der Waals surface area contributed by atoms with Crippen molar-refractivity contribution in [2.45, 2.75) is 52.0 Å². The normalized spacial score (nSPS) is 15.8. The van der Waals surface area contributed by atoms with E-state index in [9.17, 15) is 0 Å². The number of hydrogen-bond donors (Lipinski definition) is 1. The van der Waals surface area contributed by atoms with Crippen molar-refractivity contribution in [1.82, 2.24) is 14.4 Å². The summed E-state index contributed by atoms with van der Waals surface area (Å²) < 4.78 is 2.08. The van der Waals surface area contributed by atoms with Gasteiger partial charge in [-0.3, -0.25) is 4.40 Å². The van der Waals surface area contributed by atoms with Gasteiger partial charge < -0.3 is 5.32 Å². The van der Waals surface area contributed by atoms with Crippen molar-refractivity contribution in [3.05, 3.63) is 47.8 Å². The topological polar surface area (TPSA) is 42.2 Å². The monoisotopic (exact) mass is 320 g/mol. The molecule has 0 saturated heterocycles. The SMILES string of the molecule is Cc1ccc(-c2nc3ncccn3c2NC2CCCCC2)cc1C. The first kappa shape index (κ1) is 15.2. The largest absolute Gasteiger partial charge is 0.367 e. The molecule has 0 amide bonds. The summed E-state index contributed by atoms with van der Waals surface area (Å²) in [5.41, 5.74) is 4.76. The molecule has 124 valence electrons. The van der Waals surface area contributed by atoms with Gasteiger partial charge in [0.25, 0.3) is 0 Å². The predicted octanol–water partition coefficient (Wildman–Crippen LogP) is 4.76. The van der Waals surface area contributed by atoms with E-state index in [1.807, 2.05) is 12.3 Å². The van der Waals surface area contributed by atoms with Gasteiger partial charge in [0.2, 0.25) is 5.78 Å². The Balaban J connectivity index is 1.81. The van der Waals surface area contributed by atoms with E-state index in [-0.39, 0.29) is 0 Å². The van der Waals surface area contributed by atoms with Gasteiger partial charge in [0.1, 0.15) is 11.5 Å². The fraction of sp³-hybridized carbons (Fsp3) is 0.400. The lowest BCUT2D eigenvalue weighted by Gasteiger charge is -2.24. The highest BCUT2D eigenvalue weighted by Gasteiger charge is 2.20. The molecule has 3 aromatic rings. The van der Waals surface area contributed by atoms with E-state index in [0.717, 1.165) is 22.9 Å². The van der Waals surface area contributed by atoms with Crippen LogP contribution in [0.5, 0.6) is 0 Å². The summed E-state index contributed by atoms with van der Waals surface area (Å²) in [4.78, 5) is 9.24. The fourth-order valence-electron chi connectivity index (χ4n) is 3.56. The van der Waals surface area contributed by atoms with Gasteiger partial charge in [-0.05, 0) is 49.9 Å². The highest BCUT2D eigenvalue weighted by Crippen LogP contribution is 2.31. The van der Waals surface area contributed by atoms with Gasteiger partial charge in [0, 0.05) is 24.0 Å². The van der Waals surface area contributed by atoms with E-state index in [2.05, 4.69) is 46.7 Å². The Morgan fingerprint density at radius 3 is 2.71 bits per heavy atom. The van der Waals surface area contributed by atoms with Crippen LogP contribution in [-0.2, 0) is 0 Å². The van der Waals surface area contributed by atoms with Crippen molar-refractivity contribution in [1.29, 1.82) is 0 Å². The van der Waals surface area contributed by atoms with Gasteiger partial charge in [-0.2, -0.15) is 0 Å². The minimum Gasteiger partial charge on any atom is -0.367 e. The molecule has 1 aromatic carbocycles. The molecular formula is C20H24N4. The number of hydrogen-bond acceptors (Lipinski definition) is 3. The molecule has 0 spiro atoms. The standard InChI is InChI=1S/C20H24N4/c1-14-9-10-16(13-15(14)2)18-19(22-17-7-4-3-5-8-17)24-12-6-11-21-20(24)23-18/h6,9-13,17,22H,3-5,7-8H2,1-2H3. The van der Waals surface area contributed by atoms with E-state index < -0.39 is 0 Å². The van der Waals surface area contributed by atoms with Gasteiger partial charge in [-0.25, -0.2) is 9.97 Å². The summed E-state index contributed by atoms with van der Waals surface area (Å²) in [5, 5.41) is 3.77. The highest BCUT2D eigenvalue weighted by atomic mass is 15.2. The molecule has 24 heavy (non-hydrogen) atoms. The van der Waals surface area contributed by atoms with Crippen LogP contribution in [0.2, 0.25) is 0 Å². The average molecular weight is 320 g/mol. The third kappa shape index (κ3) is 2.77. The zero-order chi connectivity index (χ0) is 16.5. The molecule has 1 aliphatic rings. The maximum absolute atomic E-state index is 4.81. The number of fused-ring (bicyclic) bond motifs is 1. The van der Waals surface area contributed by atoms with E-state index in [1.54, 1.807) is 6.20 Å². The van der Waals surface area contributed by atoms with E-state index >= 15 is 0 Å². The molecule has 2 heterocycles. The lowest BCUT2D eigenvalue weighted by atomic mass is 9.95. The third-order valence-electron chi connectivity index (χ3n) is 5.13. The molecule has 1 aliphatic carbocycles. The number of imidazole rings is 1. The molecule has 1 N–H and O–H groups in total. The van der Waals surface area contributed by atoms with Gasteiger partial charge >= 0.3 is 0 Å². The summed E-state index contributed by atoms with van der Waals surface area (Å²) in [6.07, 6.45) is 10.3. The molecule has 1 fully saturated rings. The Bertz CT molecular complexity index is 859. The van der Waals surface area contributed by atoms with Crippen molar-refractivity contribution in [2.75, 3.05) is 5.32 Å². The first-order valence-corrected chi connectivity index (χ1v) is 8.89. The molecule has 4 nitrogen and oxygen atoms in total. The van der Waals surface area contributed by atoms with E-state index in [0.29, 0.717) is 6.04 Å². The van der Waals surface area contributed by atoms with Gasteiger partial charge in [-0.1, -0.05) is 31.4 Å². The number of benzene rings is 1. The molecule has 4 heteroatoms. The summed E-state index contributed by atoms with van der Waals surface area (Å²) in [5.74, 6) is 1.83. The number of aryl methyl sites for hydroxylation is 2. The fourth-order valence-corrected chi connectivity index (χ4v) is 3.56. The summed E-state index contributed by atoms with van der Waals surface area (Å²) in [6.45, 7) is 4.30. The van der Waals surface area contributed by atoms with E-state index in [1.165, 1.54) is 43.2 Å². The summed E-state index contributed by atoms with van der Waals surface area (Å²) in [6, 6.07) is 9.06. The van der Waals surface area contributed by atoms with Crippen molar-refractivity contribution in [3.8, 4) is 11.3 Å². The third-order valence-corrected chi connectivity index (χ3v) is 5.13. The average Bonchev–Trinajstić information content (AvgIpc) is 2.97. The smallest absolute Gasteiger partial charge is 0.235 e. The molecule has 0 bridgehead atoms. The quantitative estimate of drug-likeness (QED) is 0.756. The molecule has 0 aliphatic heterocycles. The van der Waals surface area contributed by atoms with Crippen LogP contribution in [0, 0.1) is 13.8 Å². The number of nitrogens with one attached hydrogen (secondary N) is 1. The summed E-state index contributed by atoms with van der Waals surface area (Å²) >= 11 is 0. The summed E-state index contributed by atoms with van der Waals surface area (Å²) in [7, 11) is 0. The van der Waals surface area contributed by atoms with Crippen LogP contribution >= 0.6 is 0 Å². The van der Waals surface area contributed by atoms with E-state index in [4.69, 9.17) is 4.98 Å². The van der Waals surface area contributed by atoms with Crippen LogP contribution in [0.1, 0.15) is 43.2 Å². The van der Waals surface area contributed by atoms with Crippen LogP contribution in [-0.4, -0.2) is 20.4 Å². The molecule has 2 aromatic heterocycles. The van der Waals surface area contributed by atoms with Crippen molar-refractivity contribution in [3.63, 3.8) is 0 Å². The Labute approximate surface area is 143 Å².